The van der Waals surface area contributed by atoms with Gasteiger partial charge in [0.2, 0.25) is 0 Å². The van der Waals surface area contributed by atoms with E-state index in [-0.39, 0.29) is 0 Å². The van der Waals surface area contributed by atoms with E-state index in [4.69, 9.17) is 9.84 Å². The fourth-order valence-electron chi connectivity index (χ4n) is 1.27. The molecule has 1 aromatic rings. The summed E-state index contributed by atoms with van der Waals surface area (Å²) in [5.41, 5.74) is 1.21. The van der Waals surface area contributed by atoms with Crippen LogP contribution < -0.4 is 4.74 Å². The van der Waals surface area contributed by atoms with Gasteiger partial charge in [-0.3, -0.25) is 0 Å². The minimum atomic E-state index is -0.922. The summed E-state index contributed by atoms with van der Waals surface area (Å²) in [7, 11) is 0. The summed E-state index contributed by atoms with van der Waals surface area (Å²) >= 11 is 0. The summed E-state index contributed by atoms with van der Waals surface area (Å²) < 4.78 is 5.15. The van der Waals surface area contributed by atoms with Gasteiger partial charge in [-0.25, -0.2) is 4.79 Å². The summed E-state index contributed by atoms with van der Waals surface area (Å²) in [6.07, 6.45) is 1.73. The van der Waals surface area contributed by atoms with Gasteiger partial charge in [0.1, 0.15) is 12.0 Å². The molecule has 0 radical (unpaired) electrons. The topological polar surface area (TPSA) is 46.5 Å². The zero-order chi connectivity index (χ0) is 9.26. The van der Waals surface area contributed by atoms with Crippen molar-refractivity contribution in [2.45, 2.75) is 6.42 Å². The first-order valence-electron chi connectivity index (χ1n) is 3.94. The van der Waals surface area contributed by atoms with E-state index < -0.39 is 5.97 Å². The van der Waals surface area contributed by atoms with Gasteiger partial charge in [-0.2, -0.15) is 0 Å². The predicted octanol–water partition coefficient (Wildman–Crippen LogP) is 1.59. The van der Waals surface area contributed by atoms with Crippen molar-refractivity contribution in [1.82, 2.24) is 0 Å². The van der Waals surface area contributed by atoms with Crippen molar-refractivity contribution >= 4 is 5.97 Å². The molecule has 0 saturated heterocycles. The molecule has 1 aromatic carbocycles. The number of para-hydroxylation sites is 1. The van der Waals surface area contributed by atoms with Crippen LogP contribution in [0, 0.1) is 0 Å². The third-order valence-corrected chi connectivity index (χ3v) is 1.96. The first kappa shape index (κ1) is 7.86. The molecule has 1 aliphatic heterocycles. The van der Waals surface area contributed by atoms with Crippen molar-refractivity contribution in [3.8, 4) is 5.75 Å². The highest BCUT2D eigenvalue weighted by Crippen LogP contribution is 2.25. The van der Waals surface area contributed by atoms with Gasteiger partial charge in [0.25, 0.3) is 0 Å². The molecule has 0 unspecified atom stereocenters. The molecule has 1 heterocycles. The Morgan fingerprint density at radius 3 is 2.92 bits per heavy atom. The SMILES string of the molecule is O=C(O)C1=COc2ccccc2C1. The average Bonchev–Trinajstić information content (AvgIpc) is 2.17. The number of hydrogen-bond acceptors (Lipinski definition) is 2. The first-order chi connectivity index (χ1) is 6.27. The summed E-state index contributed by atoms with van der Waals surface area (Å²) in [6, 6.07) is 7.42. The second-order valence-corrected chi connectivity index (χ2v) is 2.85. The largest absolute Gasteiger partial charge is 0.478 e. The molecular formula is C10H8O3. The highest BCUT2D eigenvalue weighted by Gasteiger charge is 2.16. The minimum Gasteiger partial charge on any atom is -0.478 e. The molecule has 0 spiro atoms. The van der Waals surface area contributed by atoms with Crippen LogP contribution in [0.25, 0.3) is 0 Å². The highest BCUT2D eigenvalue weighted by molar-refractivity contribution is 5.87. The van der Waals surface area contributed by atoms with E-state index in [1.165, 1.54) is 6.26 Å². The Bertz CT molecular complexity index is 380. The van der Waals surface area contributed by atoms with Crippen molar-refractivity contribution in [1.29, 1.82) is 0 Å². The number of fused-ring (bicyclic) bond motifs is 1. The van der Waals surface area contributed by atoms with Crippen LogP contribution in [0.5, 0.6) is 5.75 Å². The maximum Gasteiger partial charge on any atom is 0.335 e. The third-order valence-electron chi connectivity index (χ3n) is 1.96. The van der Waals surface area contributed by atoms with Crippen molar-refractivity contribution in [2.75, 3.05) is 0 Å². The number of benzene rings is 1. The molecule has 13 heavy (non-hydrogen) atoms. The number of hydrogen-bond donors (Lipinski definition) is 1. The Kier molecular flexibility index (Phi) is 1.77. The van der Waals surface area contributed by atoms with E-state index in [9.17, 15) is 4.79 Å². The van der Waals surface area contributed by atoms with Crippen LogP contribution in [0.2, 0.25) is 0 Å². The maximum absolute atomic E-state index is 10.6. The molecule has 1 aliphatic rings. The molecule has 3 nitrogen and oxygen atoms in total. The molecule has 0 atom stereocenters. The van der Waals surface area contributed by atoms with Crippen molar-refractivity contribution in [2.24, 2.45) is 0 Å². The lowest BCUT2D eigenvalue weighted by Gasteiger charge is -2.14. The summed E-state index contributed by atoms with van der Waals surface area (Å²) in [6.45, 7) is 0. The van der Waals surface area contributed by atoms with Gasteiger partial charge in [-0.15, -0.1) is 0 Å². The molecule has 0 fully saturated rings. The summed E-state index contributed by atoms with van der Waals surface area (Å²) in [4.78, 5) is 10.6. The van der Waals surface area contributed by atoms with E-state index in [0.29, 0.717) is 12.0 Å². The Hall–Kier alpha value is -1.77. The van der Waals surface area contributed by atoms with Crippen molar-refractivity contribution in [3.05, 3.63) is 41.7 Å². The molecule has 0 saturated carbocycles. The normalized spacial score (nSPS) is 14.0. The molecule has 0 amide bonds. The van der Waals surface area contributed by atoms with E-state index >= 15 is 0 Å². The van der Waals surface area contributed by atoms with Gasteiger partial charge in [0, 0.05) is 6.42 Å². The molecule has 1 N–H and O–H groups in total. The monoisotopic (exact) mass is 176 g/mol. The number of carboxylic acid groups (broad SMARTS) is 1. The fraction of sp³-hybridized carbons (Fsp3) is 0.100. The average molecular weight is 176 g/mol. The molecule has 3 heteroatoms. The van der Waals surface area contributed by atoms with Crippen LogP contribution in [-0.4, -0.2) is 11.1 Å². The van der Waals surface area contributed by atoms with Gasteiger partial charge in [0.15, 0.2) is 0 Å². The lowest BCUT2D eigenvalue weighted by molar-refractivity contribution is -0.132. The smallest absolute Gasteiger partial charge is 0.335 e. The van der Waals surface area contributed by atoms with E-state index in [2.05, 4.69) is 0 Å². The van der Waals surface area contributed by atoms with E-state index in [0.717, 1.165) is 11.3 Å². The Balaban J connectivity index is 2.33. The van der Waals surface area contributed by atoms with Crippen molar-refractivity contribution < 1.29 is 14.6 Å². The minimum absolute atomic E-state index is 0.290. The van der Waals surface area contributed by atoms with Crippen LogP contribution in [0.15, 0.2) is 36.1 Å². The Labute approximate surface area is 75.3 Å². The molecule has 0 aromatic heterocycles. The molecular weight excluding hydrogens is 168 g/mol. The number of rotatable bonds is 1. The predicted molar refractivity (Wildman–Crippen MR) is 46.5 cm³/mol. The van der Waals surface area contributed by atoms with Crippen LogP contribution in [-0.2, 0) is 11.2 Å². The van der Waals surface area contributed by atoms with Gasteiger partial charge in [-0.05, 0) is 11.6 Å². The van der Waals surface area contributed by atoms with Gasteiger partial charge < -0.3 is 9.84 Å². The van der Waals surface area contributed by atoms with Crippen LogP contribution in [0.3, 0.4) is 0 Å². The first-order valence-corrected chi connectivity index (χ1v) is 3.94. The second kappa shape index (κ2) is 2.94. The molecule has 0 aliphatic carbocycles. The standard InChI is InChI=1S/C10H8O3/c11-10(12)8-5-7-3-1-2-4-9(7)13-6-8/h1-4,6H,5H2,(H,11,12). The lowest BCUT2D eigenvalue weighted by Crippen LogP contribution is -2.10. The lowest BCUT2D eigenvalue weighted by atomic mass is 10.0. The number of ether oxygens (including phenoxy) is 1. The Morgan fingerprint density at radius 2 is 2.15 bits per heavy atom. The summed E-state index contributed by atoms with van der Waals surface area (Å²) in [5, 5.41) is 8.72. The molecule has 66 valence electrons. The van der Waals surface area contributed by atoms with E-state index in [1.807, 2.05) is 24.3 Å². The maximum atomic E-state index is 10.6. The zero-order valence-electron chi connectivity index (χ0n) is 6.86. The number of aliphatic carboxylic acids is 1. The van der Waals surface area contributed by atoms with Gasteiger partial charge in [0.05, 0.1) is 5.57 Å². The Morgan fingerprint density at radius 1 is 1.38 bits per heavy atom. The van der Waals surface area contributed by atoms with E-state index in [1.54, 1.807) is 0 Å². The van der Waals surface area contributed by atoms with Crippen LogP contribution >= 0.6 is 0 Å². The summed E-state index contributed by atoms with van der Waals surface area (Å²) in [5.74, 6) is -0.179. The second-order valence-electron chi connectivity index (χ2n) is 2.85. The van der Waals surface area contributed by atoms with Crippen molar-refractivity contribution in [3.63, 3.8) is 0 Å². The highest BCUT2D eigenvalue weighted by atomic mass is 16.5. The number of carboxylic acids is 1. The van der Waals surface area contributed by atoms with Crippen LogP contribution in [0.4, 0.5) is 0 Å². The quantitative estimate of drug-likeness (QED) is 0.706. The van der Waals surface area contributed by atoms with Gasteiger partial charge in [-0.1, -0.05) is 18.2 Å². The number of carbonyl (C=O) groups is 1. The van der Waals surface area contributed by atoms with Crippen LogP contribution in [0.1, 0.15) is 5.56 Å². The fourth-order valence-corrected chi connectivity index (χ4v) is 1.27. The van der Waals surface area contributed by atoms with Gasteiger partial charge >= 0.3 is 5.97 Å². The zero-order valence-corrected chi connectivity index (χ0v) is 6.86. The molecule has 2 rings (SSSR count). The molecule has 0 bridgehead atoms. The third kappa shape index (κ3) is 1.40.